The molecule has 2 aromatic rings. The van der Waals surface area contributed by atoms with E-state index >= 15 is 0 Å². The third-order valence-electron chi connectivity index (χ3n) is 3.76. The topological polar surface area (TPSA) is 77.0 Å². The number of hydrogen-bond acceptors (Lipinski definition) is 5. The van der Waals surface area contributed by atoms with E-state index < -0.39 is 0 Å². The van der Waals surface area contributed by atoms with Crippen LogP contribution in [0.5, 0.6) is 0 Å². The molecule has 7 nitrogen and oxygen atoms in total. The molecule has 3 rings (SSSR count). The monoisotopic (exact) mass is 315 g/mol. The van der Waals surface area contributed by atoms with Crippen molar-refractivity contribution in [3.8, 4) is 0 Å². The van der Waals surface area contributed by atoms with E-state index in [4.69, 9.17) is 4.42 Å². The Bertz CT molecular complexity index is 751. The van der Waals surface area contributed by atoms with Crippen LogP contribution >= 0.6 is 0 Å². The summed E-state index contributed by atoms with van der Waals surface area (Å²) in [7, 11) is 1.88. The second kappa shape index (κ2) is 5.64. The molecule has 0 atom stereocenters. The highest BCUT2D eigenvalue weighted by Crippen LogP contribution is 2.23. The molecule has 0 aliphatic carbocycles. The number of hydrogen-bond donors (Lipinski definition) is 0. The second-order valence-electron chi connectivity index (χ2n) is 6.81. The molecule has 0 radical (unpaired) electrons. The van der Waals surface area contributed by atoms with Crippen LogP contribution in [-0.2, 0) is 12.5 Å². The van der Waals surface area contributed by atoms with Crippen LogP contribution in [0.25, 0.3) is 5.57 Å². The van der Waals surface area contributed by atoms with Crippen LogP contribution in [0.4, 0.5) is 0 Å². The van der Waals surface area contributed by atoms with Crippen LogP contribution in [0.15, 0.2) is 22.9 Å². The van der Waals surface area contributed by atoms with Gasteiger partial charge in [-0.05, 0) is 12.0 Å². The van der Waals surface area contributed by atoms with Gasteiger partial charge in [0.15, 0.2) is 0 Å². The van der Waals surface area contributed by atoms with Crippen LogP contribution < -0.4 is 0 Å². The SMILES string of the molecule is Cn1cc(C2=CCCN(C(=O)c3nnc(C(C)(C)C)o3)C2)cn1. The lowest BCUT2D eigenvalue weighted by Crippen LogP contribution is -2.35. The minimum Gasteiger partial charge on any atom is -0.416 e. The molecule has 1 aliphatic rings. The third kappa shape index (κ3) is 3.18. The molecule has 23 heavy (non-hydrogen) atoms. The van der Waals surface area contributed by atoms with Gasteiger partial charge in [-0.25, -0.2) is 0 Å². The average Bonchev–Trinajstić information content (AvgIpc) is 3.15. The summed E-state index contributed by atoms with van der Waals surface area (Å²) < 4.78 is 7.31. The van der Waals surface area contributed by atoms with Gasteiger partial charge in [-0.2, -0.15) is 5.10 Å². The van der Waals surface area contributed by atoms with Crippen molar-refractivity contribution in [3.05, 3.63) is 35.8 Å². The van der Waals surface area contributed by atoms with Gasteiger partial charge < -0.3 is 9.32 Å². The summed E-state index contributed by atoms with van der Waals surface area (Å²) in [4.78, 5) is 14.3. The number of nitrogens with zero attached hydrogens (tertiary/aromatic N) is 5. The molecule has 0 fully saturated rings. The van der Waals surface area contributed by atoms with Crippen molar-refractivity contribution in [2.75, 3.05) is 13.1 Å². The molecular formula is C16H21N5O2. The summed E-state index contributed by atoms with van der Waals surface area (Å²) in [6.07, 6.45) is 6.71. The normalized spacial score (nSPS) is 15.7. The molecule has 1 amide bonds. The number of amides is 1. The van der Waals surface area contributed by atoms with E-state index in [1.54, 1.807) is 9.58 Å². The summed E-state index contributed by atoms with van der Waals surface area (Å²) >= 11 is 0. The zero-order valence-corrected chi connectivity index (χ0v) is 13.9. The van der Waals surface area contributed by atoms with Crippen molar-refractivity contribution < 1.29 is 9.21 Å². The minimum atomic E-state index is -0.270. The van der Waals surface area contributed by atoms with Gasteiger partial charge in [-0.3, -0.25) is 9.48 Å². The highest BCUT2D eigenvalue weighted by Gasteiger charge is 2.28. The van der Waals surface area contributed by atoms with E-state index in [1.165, 1.54) is 0 Å². The Balaban J connectivity index is 1.76. The van der Waals surface area contributed by atoms with E-state index in [0.29, 0.717) is 19.0 Å². The Morgan fingerprint density at radius 3 is 2.70 bits per heavy atom. The molecule has 0 saturated carbocycles. The van der Waals surface area contributed by atoms with Gasteiger partial charge in [0, 0.05) is 37.3 Å². The fourth-order valence-corrected chi connectivity index (χ4v) is 2.46. The molecule has 0 bridgehead atoms. The van der Waals surface area contributed by atoms with Crippen LogP contribution in [-0.4, -0.2) is 43.9 Å². The zero-order chi connectivity index (χ0) is 16.6. The Morgan fingerprint density at radius 2 is 2.09 bits per heavy atom. The fourth-order valence-electron chi connectivity index (χ4n) is 2.46. The van der Waals surface area contributed by atoms with Crippen molar-refractivity contribution in [3.63, 3.8) is 0 Å². The molecule has 122 valence electrons. The number of aromatic nitrogens is 4. The van der Waals surface area contributed by atoms with Crippen LogP contribution in [0, 0.1) is 0 Å². The second-order valence-corrected chi connectivity index (χ2v) is 6.81. The number of carbonyl (C=O) groups excluding carboxylic acids is 1. The summed E-state index contributed by atoms with van der Waals surface area (Å²) in [5, 5.41) is 12.1. The Labute approximate surface area is 135 Å². The lowest BCUT2D eigenvalue weighted by molar-refractivity contribution is 0.0731. The van der Waals surface area contributed by atoms with Crippen molar-refractivity contribution in [1.82, 2.24) is 24.9 Å². The maximum Gasteiger partial charge on any atom is 0.311 e. The van der Waals surface area contributed by atoms with Crippen LogP contribution in [0.3, 0.4) is 0 Å². The number of carbonyl (C=O) groups is 1. The van der Waals surface area contributed by atoms with E-state index in [2.05, 4.69) is 21.4 Å². The summed E-state index contributed by atoms with van der Waals surface area (Å²) in [5.74, 6) is 0.311. The first-order chi connectivity index (χ1) is 10.8. The average molecular weight is 315 g/mol. The first kappa shape index (κ1) is 15.5. The predicted octanol–water partition coefficient (Wildman–Crippen LogP) is 2.03. The Hall–Kier alpha value is -2.44. The number of aryl methyl sites for hydroxylation is 1. The summed E-state index contributed by atoms with van der Waals surface area (Å²) in [6.45, 7) is 7.09. The highest BCUT2D eigenvalue weighted by molar-refractivity contribution is 5.91. The van der Waals surface area contributed by atoms with Crippen molar-refractivity contribution in [1.29, 1.82) is 0 Å². The molecule has 0 unspecified atom stereocenters. The molecule has 0 saturated heterocycles. The molecule has 0 N–H and O–H groups in total. The minimum absolute atomic E-state index is 0.0577. The first-order valence-electron chi connectivity index (χ1n) is 7.66. The van der Waals surface area contributed by atoms with Gasteiger partial charge in [0.25, 0.3) is 0 Å². The maximum absolute atomic E-state index is 12.6. The van der Waals surface area contributed by atoms with Crippen molar-refractivity contribution in [2.24, 2.45) is 7.05 Å². The van der Waals surface area contributed by atoms with Crippen molar-refractivity contribution in [2.45, 2.75) is 32.6 Å². The van der Waals surface area contributed by atoms with Gasteiger partial charge in [0.1, 0.15) is 0 Å². The molecular weight excluding hydrogens is 294 g/mol. The molecule has 0 spiro atoms. The van der Waals surface area contributed by atoms with Gasteiger partial charge >= 0.3 is 11.8 Å². The molecule has 7 heteroatoms. The third-order valence-corrected chi connectivity index (χ3v) is 3.76. The van der Waals surface area contributed by atoms with E-state index in [9.17, 15) is 4.79 Å². The molecule has 1 aliphatic heterocycles. The first-order valence-corrected chi connectivity index (χ1v) is 7.66. The summed E-state index contributed by atoms with van der Waals surface area (Å²) in [5.41, 5.74) is 1.85. The largest absolute Gasteiger partial charge is 0.416 e. The molecule has 0 aromatic carbocycles. The van der Waals surface area contributed by atoms with E-state index in [1.807, 2.05) is 40.2 Å². The zero-order valence-electron chi connectivity index (χ0n) is 13.9. The van der Waals surface area contributed by atoms with Gasteiger partial charge in [0.2, 0.25) is 5.89 Å². The fraction of sp³-hybridized carbons (Fsp3) is 0.500. The molecule has 3 heterocycles. The smallest absolute Gasteiger partial charge is 0.311 e. The quantitative estimate of drug-likeness (QED) is 0.847. The Morgan fingerprint density at radius 1 is 1.30 bits per heavy atom. The lowest BCUT2D eigenvalue weighted by atomic mass is 9.97. The van der Waals surface area contributed by atoms with Gasteiger partial charge in [-0.1, -0.05) is 26.8 Å². The standard InChI is InChI=1S/C16H21N5O2/c1-16(2,3)15-19-18-13(23-15)14(22)21-7-5-6-11(10-21)12-8-17-20(4)9-12/h6,8-9H,5,7,10H2,1-4H3. The van der Waals surface area contributed by atoms with Crippen LogP contribution in [0.1, 0.15) is 49.3 Å². The highest BCUT2D eigenvalue weighted by atomic mass is 16.4. The maximum atomic E-state index is 12.6. The lowest BCUT2D eigenvalue weighted by Gasteiger charge is -2.25. The van der Waals surface area contributed by atoms with Crippen molar-refractivity contribution >= 4 is 11.5 Å². The van der Waals surface area contributed by atoms with Crippen LogP contribution in [0.2, 0.25) is 0 Å². The summed E-state index contributed by atoms with van der Waals surface area (Å²) in [6, 6.07) is 0. The van der Waals surface area contributed by atoms with Gasteiger partial charge in [-0.15, -0.1) is 10.2 Å². The Kier molecular flexibility index (Phi) is 3.79. The number of rotatable bonds is 2. The van der Waals surface area contributed by atoms with E-state index in [0.717, 1.165) is 17.6 Å². The van der Waals surface area contributed by atoms with E-state index in [-0.39, 0.29) is 17.2 Å². The predicted molar refractivity (Wildman–Crippen MR) is 84.7 cm³/mol. The van der Waals surface area contributed by atoms with Gasteiger partial charge in [0.05, 0.1) is 6.20 Å². The molecule has 2 aromatic heterocycles.